The molecule has 5 heteroatoms. The predicted molar refractivity (Wildman–Crippen MR) is 107 cm³/mol. The fourth-order valence-electron chi connectivity index (χ4n) is 4.39. The SMILES string of the molecule is Cc1ccc(C2(NC(=O)N3CCCO[C@@H](CN4CCCCC4)C3)CC2)cc1. The molecule has 1 atom stereocenters. The maximum atomic E-state index is 13.0. The molecular weight excluding hydrogens is 338 g/mol. The summed E-state index contributed by atoms with van der Waals surface area (Å²) in [6.07, 6.45) is 7.03. The monoisotopic (exact) mass is 371 g/mol. The van der Waals surface area contributed by atoms with Crippen LogP contribution in [0.25, 0.3) is 0 Å². The summed E-state index contributed by atoms with van der Waals surface area (Å²) in [5, 5.41) is 3.34. The van der Waals surface area contributed by atoms with Crippen molar-refractivity contribution in [1.82, 2.24) is 15.1 Å². The summed E-state index contributed by atoms with van der Waals surface area (Å²) in [7, 11) is 0. The summed E-state index contributed by atoms with van der Waals surface area (Å²) < 4.78 is 6.07. The van der Waals surface area contributed by atoms with Crippen LogP contribution in [0.5, 0.6) is 0 Å². The molecule has 2 aliphatic heterocycles. The summed E-state index contributed by atoms with van der Waals surface area (Å²) in [6.45, 7) is 7.63. The molecule has 0 bridgehead atoms. The number of rotatable bonds is 4. The molecule has 1 saturated carbocycles. The quantitative estimate of drug-likeness (QED) is 0.883. The van der Waals surface area contributed by atoms with Crippen LogP contribution >= 0.6 is 0 Å². The average Bonchev–Trinajstić information content (AvgIpc) is 3.48. The van der Waals surface area contributed by atoms with Crippen LogP contribution < -0.4 is 5.32 Å². The van der Waals surface area contributed by atoms with Gasteiger partial charge in [0.15, 0.2) is 0 Å². The van der Waals surface area contributed by atoms with Gasteiger partial charge in [-0.2, -0.15) is 0 Å². The minimum absolute atomic E-state index is 0.0715. The summed E-state index contributed by atoms with van der Waals surface area (Å²) in [6, 6.07) is 8.66. The van der Waals surface area contributed by atoms with Crippen LogP contribution in [-0.2, 0) is 10.3 Å². The Morgan fingerprint density at radius 3 is 2.56 bits per heavy atom. The zero-order chi connectivity index (χ0) is 18.7. The topological polar surface area (TPSA) is 44.8 Å². The molecule has 0 aromatic heterocycles. The number of nitrogens with zero attached hydrogens (tertiary/aromatic N) is 2. The van der Waals surface area contributed by atoms with Gasteiger partial charge in [-0.25, -0.2) is 4.79 Å². The van der Waals surface area contributed by atoms with Crippen molar-refractivity contribution in [3.05, 3.63) is 35.4 Å². The third kappa shape index (κ3) is 4.64. The van der Waals surface area contributed by atoms with Crippen LogP contribution in [0, 0.1) is 6.92 Å². The Morgan fingerprint density at radius 2 is 1.85 bits per heavy atom. The number of benzene rings is 1. The van der Waals surface area contributed by atoms with E-state index in [1.54, 1.807) is 0 Å². The summed E-state index contributed by atoms with van der Waals surface area (Å²) in [5.41, 5.74) is 2.34. The molecule has 2 heterocycles. The maximum absolute atomic E-state index is 13.0. The summed E-state index contributed by atoms with van der Waals surface area (Å²) in [4.78, 5) is 17.5. The minimum atomic E-state index is -0.152. The molecule has 1 aromatic rings. The number of ether oxygens (including phenoxy) is 1. The van der Waals surface area contributed by atoms with Crippen molar-refractivity contribution in [3.8, 4) is 0 Å². The lowest BCUT2D eigenvalue weighted by atomic mass is 10.0. The normalized spacial score (nSPS) is 25.7. The van der Waals surface area contributed by atoms with Crippen molar-refractivity contribution in [3.63, 3.8) is 0 Å². The van der Waals surface area contributed by atoms with Gasteiger partial charge in [-0.3, -0.25) is 0 Å². The van der Waals surface area contributed by atoms with E-state index in [4.69, 9.17) is 4.74 Å². The second-order valence-electron chi connectivity index (χ2n) is 8.53. The zero-order valence-corrected chi connectivity index (χ0v) is 16.6. The van der Waals surface area contributed by atoms with E-state index in [0.29, 0.717) is 6.54 Å². The molecule has 5 nitrogen and oxygen atoms in total. The lowest BCUT2D eigenvalue weighted by Gasteiger charge is -2.32. The lowest BCUT2D eigenvalue weighted by Crippen LogP contribution is -2.49. The molecule has 3 fully saturated rings. The van der Waals surface area contributed by atoms with Crippen LogP contribution in [0.2, 0.25) is 0 Å². The first-order valence-electron chi connectivity index (χ1n) is 10.6. The lowest BCUT2D eigenvalue weighted by molar-refractivity contribution is 0.0254. The van der Waals surface area contributed by atoms with Crippen LogP contribution in [0.4, 0.5) is 4.79 Å². The largest absolute Gasteiger partial charge is 0.375 e. The second kappa shape index (κ2) is 8.19. The molecule has 148 valence electrons. The number of hydrogen-bond acceptors (Lipinski definition) is 3. The highest BCUT2D eigenvalue weighted by atomic mass is 16.5. The summed E-state index contributed by atoms with van der Waals surface area (Å²) in [5.74, 6) is 0. The Kier molecular flexibility index (Phi) is 5.69. The van der Waals surface area contributed by atoms with Crippen molar-refractivity contribution in [2.75, 3.05) is 39.3 Å². The van der Waals surface area contributed by atoms with Gasteiger partial charge in [0.1, 0.15) is 0 Å². The Hall–Kier alpha value is -1.59. The van der Waals surface area contributed by atoms with Gasteiger partial charge in [-0.1, -0.05) is 36.2 Å². The molecule has 2 saturated heterocycles. The van der Waals surface area contributed by atoms with Gasteiger partial charge in [0.25, 0.3) is 0 Å². The Labute approximate surface area is 163 Å². The second-order valence-corrected chi connectivity index (χ2v) is 8.53. The molecule has 1 aromatic carbocycles. The van der Waals surface area contributed by atoms with Gasteiger partial charge in [-0.05, 0) is 57.7 Å². The Bertz CT molecular complexity index is 635. The number of amides is 2. The molecule has 1 aliphatic carbocycles. The van der Waals surface area contributed by atoms with Crippen LogP contribution in [-0.4, -0.2) is 61.3 Å². The Balaban J connectivity index is 1.36. The van der Waals surface area contributed by atoms with E-state index in [2.05, 4.69) is 41.4 Å². The third-order valence-corrected chi connectivity index (χ3v) is 6.25. The van der Waals surface area contributed by atoms with E-state index in [0.717, 1.165) is 39.0 Å². The number of hydrogen-bond donors (Lipinski definition) is 1. The first kappa shape index (κ1) is 18.8. The van der Waals surface area contributed by atoms with Gasteiger partial charge < -0.3 is 19.9 Å². The highest BCUT2D eigenvalue weighted by molar-refractivity contribution is 5.76. The van der Waals surface area contributed by atoms with Crippen LogP contribution in [0.15, 0.2) is 24.3 Å². The maximum Gasteiger partial charge on any atom is 0.318 e. The van der Waals surface area contributed by atoms with Gasteiger partial charge in [0.2, 0.25) is 0 Å². The average molecular weight is 372 g/mol. The van der Waals surface area contributed by atoms with Gasteiger partial charge in [0, 0.05) is 26.2 Å². The molecule has 3 aliphatic rings. The fraction of sp³-hybridized carbons (Fsp3) is 0.682. The number of piperidine rings is 1. The fourth-order valence-corrected chi connectivity index (χ4v) is 4.39. The molecule has 4 rings (SSSR count). The smallest absolute Gasteiger partial charge is 0.318 e. The minimum Gasteiger partial charge on any atom is -0.375 e. The highest BCUT2D eigenvalue weighted by Crippen LogP contribution is 2.45. The van der Waals surface area contributed by atoms with Gasteiger partial charge in [0.05, 0.1) is 11.6 Å². The van der Waals surface area contributed by atoms with Gasteiger partial charge >= 0.3 is 6.03 Å². The first-order valence-corrected chi connectivity index (χ1v) is 10.6. The van der Waals surface area contributed by atoms with Crippen molar-refractivity contribution in [2.45, 2.75) is 57.1 Å². The molecule has 0 unspecified atom stereocenters. The van der Waals surface area contributed by atoms with Crippen molar-refractivity contribution < 1.29 is 9.53 Å². The highest BCUT2D eigenvalue weighted by Gasteiger charge is 2.46. The van der Waals surface area contributed by atoms with E-state index in [9.17, 15) is 4.79 Å². The molecule has 2 amide bonds. The molecule has 27 heavy (non-hydrogen) atoms. The van der Waals surface area contributed by atoms with Crippen LogP contribution in [0.3, 0.4) is 0 Å². The van der Waals surface area contributed by atoms with Crippen molar-refractivity contribution >= 4 is 6.03 Å². The van der Waals surface area contributed by atoms with E-state index in [1.165, 1.54) is 43.5 Å². The number of aryl methyl sites for hydroxylation is 1. The molecule has 0 spiro atoms. The van der Waals surface area contributed by atoms with E-state index >= 15 is 0 Å². The van der Waals surface area contributed by atoms with Crippen LogP contribution in [0.1, 0.15) is 49.7 Å². The van der Waals surface area contributed by atoms with Crippen molar-refractivity contribution in [2.24, 2.45) is 0 Å². The molecular formula is C22H33N3O2. The molecule has 0 radical (unpaired) electrons. The zero-order valence-electron chi connectivity index (χ0n) is 16.6. The van der Waals surface area contributed by atoms with E-state index in [-0.39, 0.29) is 17.7 Å². The number of carbonyl (C=O) groups is 1. The number of nitrogens with one attached hydrogen (secondary N) is 1. The van der Waals surface area contributed by atoms with Gasteiger partial charge in [-0.15, -0.1) is 0 Å². The first-order chi connectivity index (χ1) is 13.1. The molecule has 1 N–H and O–H groups in total. The van der Waals surface area contributed by atoms with Crippen molar-refractivity contribution in [1.29, 1.82) is 0 Å². The third-order valence-electron chi connectivity index (χ3n) is 6.25. The number of likely N-dealkylation sites (tertiary alicyclic amines) is 1. The number of urea groups is 1. The predicted octanol–water partition coefficient (Wildman–Crippen LogP) is 3.27. The number of carbonyl (C=O) groups excluding carboxylic acids is 1. The Morgan fingerprint density at radius 1 is 1.11 bits per heavy atom. The summed E-state index contributed by atoms with van der Waals surface area (Å²) >= 11 is 0. The standard InChI is InChI=1S/C22H33N3O2/c1-18-6-8-19(9-7-18)22(10-11-22)23-21(26)25-14-5-15-27-20(17-25)16-24-12-3-2-4-13-24/h6-9,20H,2-5,10-17H2,1H3,(H,23,26)/t20-/m0/s1. The van der Waals surface area contributed by atoms with E-state index < -0.39 is 0 Å². The van der Waals surface area contributed by atoms with E-state index in [1.807, 2.05) is 4.90 Å².